The van der Waals surface area contributed by atoms with E-state index in [1.807, 2.05) is 0 Å². The molecule has 0 N–H and O–H groups in total. The molecule has 122 valence electrons. The summed E-state index contributed by atoms with van der Waals surface area (Å²) in [5.41, 5.74) is -0.159. The standard InChI is InChI=1S/C12H11Cl2N5O3S/c13-9-5-8(19(20)21)6-10(14)11(9)23-12-15-16-17-18(12)7-1-3-22-4-2-7/h5-7H,1-4H2. The summed E-state index contributed by atoms with van der Waals surface area (Å²) in [5, 5.41) is 23.5. The minimum atomic E-state index is -0.543. The highest BCUT2D eigenvalue weighted by Crippen LogP contribution is 2.41. The molecule has 0 unspecified atom stereocenters. The number of benzene rings is 1. The molecule has 8 nitrogen and oxygen atoms in total. The molecule has 11 heteroatoms. The molecule has 0 bridgehead atoms. The van der Waals surface area contributed by atoms with Crippen LogP contribution in [-0.2, 0) is 4.74 Å². The summed E-state index contributed by atoms with van der Waals surface area (Å²) in [7, 11) is 0. The maximum Gasteiger partial charge on any atom is 0.272 e. The number of tetrazole rings is 1. The van der Waals surface area contributed by atoms with E-state index in [0.29, 0.717) is 23.3 Å². The second-order valence-electron chi connectivity index (χ2n) is 4.85. The van der Waals surface area contributed by atoms with Gasteiger partial charge >= 0.3 is 0 Å². The van der Waals surface area contributed by atoms with Crippen molar-refractivity contribution in [1.29, 1.82) is 0 Å². The van der Waals surface area contributed by atoms with Crippen LogP contribution in [0.2, 0.25) is 10.0 Å². The lowest BCUT2D eigenvalue weighted by Gasteiger charge is -2.22. The van der Waals surface area contributed by atoms with E-state index in [4.69, 9.17) is 27.9 Å². The number of hydrogen-bond donors (Lipinski definition) is 0. The molecule has 0 atom stereocenters. The van der Waals surface area contributed by atoms with Crippen LogP contribution in [0, 0.1) is 10.1 Å². The van der Waals surface area contributed by atoms with Gasteiger partial charge in [-0.05, 0) is 35.0 Å². The van der Waals surface area contributed by atoms with Gasteiger partial charge in [-0.2, -0.15) is 0 Å². The van der Waals surface area contributed by atoms with Crippen LogP contribution in [0.3, 0.4) is 0 Å². The summed E-state index contributed by atoms with van der Waals surface area (Å²) >= 11 is 13.4. The van der Waals surface area contributed by atoms with Crippen molar-refractivity contribution in [2.24, 2.45) is 0 Å². The normalized spacial score (nSPS) is 15.7. The summed E-state index contributed by atoms with van der Waals surface area (Å²) in [4.78, 5) is 10.8. The number of aromatic nitrogens is 4. The average molecular weight is 376 g/mol. The fourth-order valence-corrected chi connectivity index (χ4v) is 3.81. The van der Waals surface area contributed by atoms with Crippen LogP contribution in [0.5, 0.6) is 0 Å². The first-order valence-electron chi connectivity index (χ1n) is 6.73. The molecule has 1 aliphatic rings. The molecule has 1 aliphatic heterocycles. The van der Waals surface area contributed by atoms with Gasteiger partial charge in [0.2, 0.25) is 5.16 Å². The van der Waals surface area contributed by atoms with Crippen molar-refractivity contribution >= 4 is 40.7 Å². The van der Waals surface area contributed by atoms with Crippen molar-refractivity contribution in [3.63, 3.8) is 0 Å². The summed E-state index contributed by atoms with van der Waals surface area (Å²) in [5.74, 6) is 0. The van der Waals surface area contributed by atoms with Crippen LogP contribution in [0.4, 0.5) is 5.69 Å². The van der Waals surface area contributed by atoms with Gasteiger partial charge in [0.05, 0.1) is 25.9 Å². The van der Waals surface area contributed by atoms with Gasteiger partial charge in [0.1, 0.15) is 0 Å². The third-order valence-corrected chi connectivity index (χ3v) is 5.30. The number of rotatable bonds is 4. The van der Waals surface area contributed by atoms with E-state index in [9.17, 15) is 10.1 Å². The Hall–Kier alpha value is -1.42. The van der Waals surface area contributed by atoms with Crippen LogP contribution >= 0.6 is 35.0 Å². The van der Waals surface area contributed by atoms with Crippen LogP contribution in [0.1, 0.15) is 18.9 Å². The Morgan fingerprint density at radius 2 is 1.96 bits per heavy atom. The number of non-ortho nitro benzene ring substituents is 1. The summed E-state index contributed by atoms with van der Waals surface area (Å²) in [6.45, 7) is 1.32. The molecule has 0 saturated carbocycles. The van der Waals surface area contributed by atoms with Gasteiger partial charge < -0.3 is 4.74 Å². The Morgan fingerprint density at radius 3 is 2.57 bits per heavy atom. The molecular formula is C12H11Cl2N5O3S. The Bertz CT molecular complexity index is 712. The predicted octanol–water partition coefficient (Wildman–Crippen LogP) is 3.39. The molecule has 0 spiro atoms. The van der Waals surface area contributed by atoms with Crippen molar-refractivity contribution in [1.82, 2.24) is 20.2 Å². The fourth-order valence-electron chi connectivity index (χ4n) is 2.25. The summed E-state index contributed by atoms with van der Waals surface area (Å²) in [6, 6.07) is 2.67. The van der Waals surface area contributed by atoms with E-state index in [0.717, 1.165) is 12.8 Å². The zero-order chi connectivity index (χ0) is 16.4. The minimum absolute atomic E-state index is 0.150. The topological polar surface area (TPSA) is 96.0 Å². The molecule has 1 aromatic carbocycles. The van der Waals surface area contributed by atoms with E-state index in [1.165, 1.54) is 23.9 Å². The van der Waals surface area contributed by atoms with Gasteiger partial charge in [-0.25, -0.2) is 4.68 Å². The first kappa shape index (κ1) is 16.4. The van der Waals surface area contributed by atoms with E-state index < -0.39 is 4.92 Å². The molecule has 0 aliphatic carbocycles. The molecule has 2 aromatic rings. The Morgan fingerprint density at radius 1 is 1.30 bits per heavy atom. The van der Waals surface area contributed by atoms with E-state index in [1.54, 1.807) is 4.68 Å². The monoisotopic (exact) mass is 375 g/mol. The molecule has 3 rings (SSSR count). The zero-order valence-corrected chi connectivity index (χ0v) is 14.0. The molecule has 1 fully saturated rings. The molecule has 0 radical (unpaired) electrons. The summed E-state index contributed by atoms with van der Waals surface area (Å²) < 4.78 is 7.06. The highest BCUT2D eigenvalue weighted by Gasteiger charge is 2.23. The molecular weight excluding hydrogens is 365 g/mol. The predicted molar refractivity (Wildman–Crippen MR) is 84.1 cm³/mol. The molecule has 0 amide bonds. The third kappa shape index (κ3) is 3.57. The van der Waals surface area contributed by atoms with Gasteiger partial charge in [-0.15, -0.1) is 5.10 Å². The second-order valence-corrected chi connectivity index (χ2v) is 6.64. The molecule has 23 heavy (non-hydrogen) atoms. The largest absolute Gasteiger partial charge is 0.381 e. The lowest BCUT2D eigenvalue weighted by molar-refractivity contribution is -0.384. The number of ether oxygens (including phenoxy) is 1. The van der Waals surface area contributed by atoms with Gasteiger partial charge in [-0.3, -0.25) is 10.1 Å². The van der Waals surface area contributed by atoms with Crippen molar-refractivity contribution in [2.45, 2.75) is 28.9 Å². The lowest BCUT2D eigenvalue weighted by Crippen LogP contribution is -2.21. The number of hydrogen-bond acceptors (Lipinski definition) is 7. The highest BCUT2D eigenvalue weighted by molar-refractivity contribution is 7.99. The fraction of sp³-hybridized carbons (Fsp3) is 0.417. The third-order valence-electron chi connectivity index (χ3n) is 3.39. The van der Waals surface area contributed by atoms with Gasteiger partial charge in [0.15, 0.2) is 0 Å². The highest BCUT2D eigenvalue weighted by atomic mass is 35.5. The van der Waals surface area contributed by atoms with E-state index in [-0.39, 0.29) is 21.8 Å². The van der Waals surface area contributed by atoms with Gasteiger partial charge in [-0.1, -0.05) is 23.2 Å². The molecule has 2 heterocycles. The van der Waals surface area contributed by atoms with Crippen molar-refractivity contribution in [2.75, 3.05) is 13.2 Å². The van der Waals surface area contributed by atoms with Gasteiger partial charge in [0, 0.05) is 25.3 Å². The minimum Gasteiger partial charge on any atom is -0.381 e. The number of nitro groups is 1. The van der Waals surface area contributed by atoms with Crippen molar-refractivity contribution in [3.8, 4) is 0 Å². The Kier molecular flexibility index (Phi) is 5.00. The molecule has 1 saturated heterocycles. The quantitative estimate of drug-likeness (QED) is 0.596. The zero-order valence-electron chi connectivity index (χ0n) is 11.7. The molecule has 1 aromatic heterocycles. The maximum absolute atomic E-state index is 10.8. The Balaban J connectivity index is 1.88. The maximum atomic E-state index is 10.8. The second kappa shape index (κ2) is 7.00. The van der Waals surface area contributed by atoms with Crippen LogP contribution in [0.25, 0.3) is 0 Å². The summed E-state index contributed by atoms with van der Waals surface area (Å²) in [6.07, 6.45) is 1.64. The first-order chi connectivity index (χ1) is 11.1. The van der Waals surface area contributed by atoms with Gasteiger partial charge in [0.25, 0.3) is 5.69 Å². The van der Waals surface area contributed by atoms with E-state index in [2.05, 4.69) is 15.5 Å². The number of halogens is 2. The van der Waals surface area contributed by atoms with Crippen molar-refractivity contribution < 1.29 is 9.66 Å². The van der Waals surface area contributed by atoms with E-state index >= 15 is 0 Å². The number of nitro benzene ring substituents is 1. The smallest absolute Gasteiger partial charge is 0.272 e. The lowest BCUT2D eigenvalue weighted by atomic mass is 10.1. The van der Waals surface area contributed by atoms with Crippen LogP contribution in [0.15, 0.2) is 22.2 Å². The average Bonchev–Trinajstić information content (AvgIpc) is 2.99. The van der Waals surface area contributed by atoms with Crippen molar-refractivity contribution in [3.05, 3.63) is 32.3 Å². The Labute approximate surface area is 145 Å². The first-order valence-corrected chi connectivity index (χ1v) is 8.30. The number of nitrogens with zero attached hydrogens (tertiary/aromatic N) is 5. The van der Waals surface area contributed by atoms with Crippen LogP contribution < -0.4 is 0 Å². The SMILES string of the molecule is O=[N+]([O-])c1cc(Cl)c(Sc2nnnn2C2CCOCC2)c(Cl)c1. The van der Waals surface area contributed by atoms with Crippen LogP contribution in [-0.4, -0.2) is 38.3 Å².